The molecule has 1 N–H and O–H groups in total. The number of benzene rings is 2. The van der Waals surface area contributed by atoms with E-state index in [4.69, 9.17) is 0 Å². The molecule has 0 aliphatic rings. The normalized spacial score (nSPS) is 12.2. The number of nitrogens with one attached hydrogen (secondary N) is 1. The van der Waals surface area contributed by atoms with Gasteiger partial charge in [0.05, 0.1) is 6.04 Å². The van der Waals surface area contributed by atoms with Crippen LogP contribution in [0.1, 0.15) is 37.2 Å². The van der Waals surface area contributed by atoms with Crippen LogP contribution in [-0.2, 0) is 18.3 Å². The zero-order valence-corrected chi connectivity index (χ0v) is 13.9. The molecule has 0 fully saturated rings. The summed E-state index contributed by atoms with van der Waals surface area (Å²) < 4.78 is 1.57. The first-order valence-corrected chi connectivity index (χ1v) is 8.13. The molecule has 1 aromatic heterocycles. The van der Waals surface area contributed by atoms with Gasteiger partial charge in [0.15, 0.2) is 5.82 Å². The fourth-order valence-electron chi connectivity index (χ4n) is 2.83. The van der Waals surface area contributed by atoms with E-state index in [2.05, 4.69) is 51.2 Å². The zero-order chi connectivity index (χ0) is 16.9. The Morgan fingerprint density at radius 3 is 2.75 bits per heavy atom. The fourth-order valence-corrected chi connectivity index (χ4v) is 2.83. The van der Waals surface area contributed by atoms with Crippen molar-refractivity contribution in [2.45, 2.75) is 32.2 Å². The van der Waals surface area contributed by atoms with Crippen LogP contribution in [0.15, 0.2) is 42.5 Å². The van der Waals surface area contributed by atoms with Crippen molar-refractivity contribution >= 4 is 16.7 Å². The average Bonchev–Trinajstić information content (AvgIpc) is 3.01. The van der Waals surface area contributed by atoms with Crippen LogP contribution < -0.4 is 5.32 Å². The van der Waals surface area contributed by atoms with Crippen molar-refractivity contribution in [2.75, 3.05) is 0 Å². The van der Waals surface area contributed by atoms with E-state index in [0.717, 1.165) is 12.8 Å². The summed E-state index contributed by atoms with van der Waals surface area (Å²) in [5, 5.41) is 16.7. The van der Waals surface area contributed by atoms with Crippen molar-refractivity contribution in [1.82, 2.24) is 25.5 Å². The lowest BCUT2D eigenvalue weighted by Gasteiger charge is -2.12. The van der Waals surface area contributed by atoms with Crippen molar-refractivity contribution in [2.24, 2.45) is 7.05 Å². The predicted molar refractivity (Wildman–Crippen MR) is 92.2 cm³/mol. The number of carbonyl (C=O) groups excluding carboxylic acids is 1. The third-order valence-corrected chi connectivity index (χ3v) is 4.10. The van der Waals surface area contributed by atoms with Crippen molar-refractivity contribution in [3.05, 3.63) is 53.9 Å². The van der Waals surface area contributed by atoms with Gasteiger partial charge < -0.3 is 5.32 Å². The van der Waals surface area contributed by atoms with E-state index in [0.29, 0.717) is 12.2 Å². The SMILES string of the molecule is CC(NC(=O)CCCc1ccc2ccccc2c1)c1nnnn1C. The number of hydrogen-bond acceptors (Lipinski definition) is 4. The van der Waals surface area contributed by atoms with Crippen LogP contribution in [0.2, 0.25) is 0 Å². The molecule has 1 atom stereocenters. The van der Waals surface area contributed by atoms with Crippen LogP contribution in [0.5, 0.6) is 0 Å². The van der Waals surface area contributed by atoms with Gasteiger partial charge in [-0.2, -0.15) is 0 Å². The standard InChI is InChI=1S/C18H21N5O/c1-13(18-20-21-22-23(18)2)19-17(24)9-5-6-14-10-11-15-7-3-4-8-16(15)12-14/h3-4,7-8,10-13H,5-6,9H2,1-2H3,(H,19,24). The molecule has 0 bridgehead atoms. The molecule has 0 radical (unpaired) electrons. The van der Waals surface area contributed by atoms with E-state index in [1.165, 1.54) is 16.3 Å². The van der Waals surface area contributed by atoms with Gasteiger partial charge in [-0.25, -0.2) is 4.68 Å². The third-order valence-electron chi connectivity index (χ3n) is 4.10. The molecule has 124 valence electrons. The van der Waals surface area contributed by atoms with Crippen LogP contribution in [-0.4, -0.2) is 26.1 Å². The summed E-state index contributed by atoms with van der Waals surface area (Å²) in [6.07, 6.45) is 2.19. The number of tetrazole rings is 1. The first-order chi connectivity index (χ1) is 11.6. The van der Waals surface area contributed by atoms with Crippen molar-refractivity contribution in [1.29, 1.82) is 0 Å². The largest absolute Gasteiger partial charge is 0.346 e. The van der Waals surface area contributed by atoms with Gasteiger partial charge >= 0.3 is 0 Å². The number of amides is 1. The summed E-state index contributed by atoms with van der Waals surface area (Å²) in [6, 6.07) is 14.6. The summed E-state index contributed by atoms with van der Waals surface area (Å²) in [7, 11) is 1.76. The van der Waals surface area contributed by atoms with Crippen molar-refractivity contribution < 1.29 is 4.79 Å². The quantitative estimate of drug-likeness (QED) is 0.756. The van der Waals surface area contributed by atoms with Crippen LogP contribution in [0.4, 0.5) is 0 Å². The Hall–Kier alpha value is -2.76. The van der Waals surface area contributed by atoms with Gasteiger partial charge in [0, 0.05) is 13.5 Å². The minimum atomic E-state index is -0.196. The van der Waals surface area contributed by atoms with E-state index >= 15 is 0 Å². The van der Waals surface area contributed by atoms with Gasteiger partial charge in [0.25, 0.3) is 0 Å². The Morgan fingerprint density at radius 2 is 2.00 bits per heavy atom. The van der Waals surface area contributed by atoms with Crippen LogP contribution >= 0.6 is 0 Å². The molecule has 1 unspecified atom stereocenters. The lowest BCUT2D eigenvalue weighted by Crippen LogP contribution is -2.28. The molecule has 3 rings (SSSR count). The second-order valence-corrected chi connectivity index (χ2v) is 5.98. The van der Waals surface area contributed by atoms with Gasteiger partial charge in [-0.15, -0.1) is 5.10 Å². The van der Waals surface area contributed by atoms with Crippen molar-refractivity contribution in [3.8, 4) is 0 Å². The lowest BCUT2D eigenvalue weighted by molar-refractivity contribution is -0.121. The highest BCUT2D eigenvalue weighted by atomic mass is 16.1. The van der Waals surface area contributed by atoms with Gasteiger partial charge in [-0.1, -0.05) is 42.5 Å². The summed E-state index contributed by atoms with van der Waals surface area (Å²) in [5.74, 6) is 0.671. The smallest absolute Gasteiger partial charge is 0.220 e. The molecule has 2 aromatic carbocycles. The maximum atomic E-state index is 12.1. The zero-order valence-electron chi connectivity index (χ0n) is 13.9. The Kier molecular flexibility index (Phi) is 4.84. The predicted octanol–water partition coefficient (Wildman–Crippen LogP) is 2.56. The molecular weight excluding hydrogens is 302 g/mol. The number of carbonyl (C=O) groups is 1. The van der Waals surface area contributed by atoms with Crippen LogP contribution in [0.25, 0.3) is 10.8 Å². The Morgan fingerprint density at radius 1 is 1.21 bits per heavy atom. The number of rotatable bonds is 6. The molecule has 0 aliphatic heterocycles. The first kappa shape index (κ1) is 16.1. The molecule has 6 nitrogen and oxygen atoms in total. The second-order valence-electron chi connectivity index (χ2n) is 5.98. The molecule has 3 aromatic rings. The molecule has 0 spiro atoms. The molecule has 1 heterocycles. The summed E-state index contributed by atoms with van der Waals surface area (Å²) in [4.78, 5) is 12.1. The third kappa shape index (κ3) is 3.76. The van der Waals surface area contributed by atoms with Gasteiger partial charge in [0.1, 0.15) is 0 Å². The minimum Gasteiger partial charge on any atom is -0.346 e. The van der Waals surface area contributed by atoms with E-state index in [1.807, 2.05) is 19.1 Å². The molecule has 0 aliphatic carbocycles. The Balaban J connectivity index is 1.50. The molecule has 24 heavy (non-hydrogen) atoms. The summed E-state index contributed by atoms with van der Waals surface area (Å²) in [6.45, 7) is 1.88. The highest BCUT2D eigenvalue weighted by Gasteiger charge is 2.14. The van der Waals surface area contributed by atoms with Crippen LogP contribution in [0.3, 0.4) is 0 Å². The minimum absolute atomic E-state index is 0.0197. The van der Waals surface area contributed by atoms with Crippen molar-refractivity contribution in [3.63, 3.8) is 0 Å². The van der Waals surface area contributed by atoms with Gasteiger partial charge in [-0.3, -0.25) is 4.79 Å². The highest BCUT2D eigenvalue weighted by Crippen LogP contribution is 2.17. The molecule has 0 saturated carbocycles. The van der Waals surface area contributed by atoms with E-state index in [1.54, 1.807) is 11.7 Å². The monoisotopic (exact) mass is 323 g/mol. The maximum Gasteiger partial charge on any atom is 0.220 e. The maximum absolute atomic E-state index is 12.1. The number of nitrogens with zero attached hydrogens (tertiary/aromatic N) is 4. The number of aromatic nitrogens is 4. The van der Waals surface area contributed by atoms with E-state index in [-0.39, 0.29) is 11.9 Å². The summed E-state index contributed by atoms with van der Waals surface area (Å²) in [5.41, 5.74) is 1.26. The van der Waals surface area contributed by atoms with Crippen LogP contribution in [0, 0.1) is 0 Å². The second kappa shape index (κ2) is 7.21. The number of fused-ring (bicyclic) bond motifs is 1. The van der Waals surface area contributed by atoms with E-state index in [9.17, 15) is 4.79 Å². The topological polar surface area (TPSA) is 72.7 Å². The van der Waals surface area contributed by atoms with Gasteiger partial charge in [-0.05, 0) is 46.5 Å². The molecule has 0 saturated heterocycles. The Bertz CT molecular complexity index is 842. The van der Waals surface area contributed by atoms with Gasteiger partial charge in [0.2, 0.25) is 5.91 Å². The molecular formula is C18H21N5O. The first-order valence-electron chi connectivity index (χ1n) is 8.13. The Labute approximate surface area is 140 Å². The number of aryl methyl sites for hydroxylation is 2. The highest BCUT2D eigenvalue weighted by molar-refractivity contribution is 5.83. The lowest BCUT2D eigenvalue weighted by atomic mass is 10.0. The molecule has 1 amide bonds. The number of hydrogen-bond donors (Lipinski definition) is 1. The van der Waals surface area contributed by atoms with E-state index < -0.39 is 0 Å². The molecule has 6 heteroatoms. The fraction of sp³-hybridized carbons (Fsp3) is 0.333. The summed E-state index contributed by atoms with van der Waals surface area (Å²) >= 11 is 0. The average molecular weight is 323 g/mol.